The van der Waals surface area contributed by atoms with E-state index in [4.69, 9.17) is 0 Å². The van der Waals surface area contributed by atoms with Crippen LogP contribution in [0.4, 0.5) is 0 Å². The van der Waals surface area contributed by atoms with Crippen molar-refractivity contribution in [3.8, 4) is 11.1 Å². The molecule has 1 amide bonds. The Morgan fingerprint density at radius 1 is 0.679 bits per heavy atom. The molecule has 4 rings (SSSR count). The molecule has 0 radical (unpaired) electrons. The molecule has 2 nitrogen and oxygen atoms in total. The SMILES string of the molecule is O=C1C=C/C(=C\CCc2ccc(-c3ccccc3)cc2)N1Cc1ccccc1. The van der Waals surface area contributed by atoms with E-state index < -0.39 is 0 Å². The van der Waals surface area contributed by atoms with Gasteiger partial charge in [0.25, 0.3) is 5.91 Å². The minimum Gasteiger partial charge on any atom is -0.305 e. The van der Waals surface area contributed by atoms with E-state index in [2.05, 4.69) is 66.7 Å². The summed E-state index contributed by atoms with van der Waals surface area (Å²) in [6, 6.07) is 29.3. The van der Waals surface area contributed by atoms with Gasteiger partial charge in [-0.25, -0.2) is 0 Å². The molecule has 0 atom stereocenters. The highest BCUT2D eigenvalue weighted by Gasteiger charge is 2.19. The van der Waals surface area contributed by atoms with Gasteiger partial charge in [0.05, 0.1) is 6.54 Å². The van der Waals surface area contributed by atoms with Crippen molar-refractivity contribution < 1.29 is 4.79 Å². The lowest BCUT2D eigenvalue weighted by Gasteiger charge is -2.18. The standard InChI is InChI=1S/C26H23NO/c28-26-19-18-25(27(26)20-22-8-3-1-4-9-22)13-7-10-21-14-16-24(17-15-21)23-11-5-2-6-12-23/h1-6,8-9,11-19H,7,10,20H2/b25-13+. The number of hydrogen-bond acceptors (Lipinski definition) is 1. The van der Waals surface area contributed by atoms with Gasteiger partial charge in [-0.1, -0.05) is 91.0 Å². The van der Waals surface area contributed by atoms with Gasteiger partial charge in [0.2, 0.25) is 0 Å². The molecule has 3 aromatic carbocycles. The minimum absolute atomic E-state index is 0.0577. The third-order valence-electron chi connectivity index (χ3n) is 5.01. The molecule has 0 aromatic heterocycles. The van der Waals surface area contributed by atoms with Gasteiger partial charge in [-0.05, 0) is 41.2 Å². The molecule has 0 spiro atoms. The molecule has 3 aromatic rings. The number of amides is 1. The Morgan fingerprint density at radius 2 is 1.32 bits per heavy atom. The molecule has 28 heavy (non-hydrogen) atoms. The van der Waals surface area contributed by atoms with E-state index in [-0.39, 0.29) is 5.91 Å². The number of carbonyl (C=O) groups excluding carboxylic acids is 1. The lowest BCUT2D eigenvalue weighted by Crippen LogP contribution is -2.23. The van der Waals surface area contributed by atoms with Gasteiger partial charge in [-0.15, -0.1) is 0 Å². The van der Waals surface area contributed by atoms with Crippen LogP contribution in [0.2, 0.25) is 0 Å². The average Bonchev–Trinajstić information content (AvgIpc) is 3.09. The first-order valence-electron chi connectivity index (χ1n) is 9.68. The number of benzene rings is 3. The number of carbonyl (C=O) groups is 1. The maximum absolute atomic E-state index is 12.2. The van der Waals surface area contributed by atoms with Crippen molar-refractivity contribution in [1.82, 2.24) is 4.90 Å². The summed E-state index contributed by atoms with van der Waals surface area (Å²) in [7, 11) is 0. The van der Waals surface area contributed by atoms with E-state index in [0.717, 1.165) is 24.1 Å². The summed E-state index contributed by atoms with van der Waals surface area (Å²) >= 11 is 0. The molecule has 0 bridgehead atoms. The van der Waals surface area contributed by atoms with Gasteiger partial charge in [0.15, 0.2) is 0 Å². The Labute approximate surface area is 166 Å². The molecule has 0 N–H and O–H groups in total. The van der Waals surface area contributed by atoms with E-state index in [0.29, 0.717) is 6.54 Å². The van der Waals surface area contributed by atoms with Crippen LogP contribution in [-0.2, 0) is 17.8 Å². The molecule has 1 aliphatic heterocycles. The van der Waals surface area contributed by atoms with E-state index in [1.165, 1.54) is 16.7 Å². The molecule has 0 unspecified atom stereocenters. The molecule has 138 valence electrons. The summed E-state index contributed by atoms with van der Waals surface area (Å²) < 4.78 is 0. The number of nitrogens with zero attached hydrogens (tertiary/aromatic N) is 1. The van der Waals surface area contributed by atoms with Crippen molar-refractivity contribution in [1.29, 1.82) is 0 Å². The zero-order valence-electron chi connectivity index (χ0n) is 15.8. The fourth-order valence-corrected chi connectivity index (χ4v) is 3.46. The van der Waals surface area contributed by atoms with Crippen LogP contribution >= 0.6 is 0 Å². The first-order valence-corrected chi connectivity index (χ1v) is 9.68. The van der Waals surface area contributed by atoms with Gasteiger partial charge in [-0.3, -0.25) is 4.79 Å². The van der Waals surface area contributed by atoms with E-state index >= 15 is 0 Å². The van der Waals surface area contributed by atoms with Crippen molar-refractivity contribution >= 4 is 5.91 Å². The molecule has 0 aliphatic carbocycles. The van der Waals surface area contributed by atoms with Gasteiger partial charge in [-0.2, -0.15) is 0 Å². The highest BCUT2D eigenvalue weighted by molar-refractivity contribution is 5.93. The first-order chi connectivity index (χ1) is 13.8. The Kier molecular flexibility index (Phi) is 5.48. The molecule has 2 heteroatoms. The third-order valence-corrected chi connectivity index (χ3v) is 5.01. The topological polar surface area (TPSA) is 20.3 Å². The van der Waals surface area contributed by atoms with Crippen LogP contribution in [0.3, 0.4) is 0 Å². The molecule has 1 aliphatic rings. The second-order valence-corrected chi connectivity index (χ2v) is 6.97. The molecule has 0 saturated heterocycles. The zero-order valence-corrected chi connectivity index (χ0v) is 15.8. The summed E-state index contributed by atoms with van der Waals surface area (Å²) in [6.07, 6.45) is 7.60. The van der Waals surface area contributed by atoms with Crippen molar-refractivity contribution in [3.05, 3.63) is 120 Å². The van der Waals surface area contributed by atoms with Crippen LogP contribution in [0, 0.1) is 0 Å². The predicted molar refractivity (Wildman–Crippen MR) is 114 cm³/mol. The maximum atomic E-state index is 12.2. The summed E-state index contributed by atoms with van der Waals surface area (Å²) in [6.45, 7) is 0.615. The molecule has 1 heterocycles. The Balaban J connectivity index is 1.38. The Bertz CT molecular complexity index is 986. The van der Waals surface area contributed by atoms with Crippen molar-refractivity contribution in [2.24, 2.45) is 0 Å². The minimum atomic E-state index is 0.0577. The van der Waals surface area contributed by atoms with Crippen molar-refractivity contribution in [2.45, 2.75) is 19.4 Å². The zero-order chi connectivity index (χ0) is 19.2. The van der Waals surface area contributed by atoms with Gasteiger partial charge in [0, 0.05) is 11.8 Å². The number of allylic oxidation sites excluding steroid dienone is 2. The molecular formula is C26H23NO. The van der Waals surface area contributed by atoms with Crippen LogP contribution in [0.5, 0.6) is 0 Å². The van der Waals surface area contributed by atoms with Crippen LogP contribution < -0.4 is 0 Å². The number of rotatable bonds is 6. The Hall–Kier alpha value is -3.39. The fourth-order valence-electron chi connectivity index (χ4n) is 3.46. The second kappa shape index (κ2) is 8.53. The second-order valence-electron chi connectivity index (χ2n) is 6.97. The molecule has 0 fully saturated rings. The lowest BCUT2D eigenvalue weighted by molar-refractivity contribution is -0.123. The fraction of sp³-hybridized carbons (Fsp3) is 0.115. The van der Waals surface area contributed by atoms with Gasteiger partial charge >= 0.3 is 0 Å². The average molecular weight is 365 g/mol. The van der Waals surface area contributed by atoms with Gasteiger partial charge < -0.3 is 4.90 Å². The first kappa shape index (κ1) is 18.0. The Morgan fingerprint density at radius 3 is 2.04 bits per heavy atom. The summed E-state index contributed by atoms with van der Waals surface area (Å²) in [4.78, 5) is 14.0. The van der Waals surface area contributed by atoms with Crippen molar-refractivity contribution in [3.63, 3.8) is 0 Å². The normalized spacial score (nSPS) is 14.8. The van der Waals surface area contributed by atoms with E-state index in [1.54, 1.807) is 6.08 Å². The smallest absolute Gasteiger partial charge is 0.251 e. The van der Waals surface area contributed by atoms with Crippen LogP contribution in [0.25, 0.3) is 11.1 Å². The number of hydrogen-bond donors (Lipinski definition) is 0. The van der Waals surface area contributed by atoms with E-state index in [9.17, 15) is 4.79 Å². The third kappa shape index (κ3) is 4.29. The van der Waals surface area contributed by atoms with Crippen LogP contribution in [0.1, 0.15) is 17.5 Å². The summed E-state index contributed by atoms with van der Waals surface area (Å²) in [5.74, 6) is 0.0577. The monoisotopic (exact) mass is 365 g/mol. The lowest BCUT2D eigenvalue weighted by atomic mass is 10.0. The highest BCUT2D eigenvalue weighted by atomic mass is 16.2. The number of aryl methyl sites for hydroxylation is 1. The molecular weight excluding hydrogens is 342 g/mol. The summed E-state index contributed by atoms with van der Waals surface area (Å²) in [5.41, 5.74) is 5.92. The molecule has 0 saturated carbocycles. The highest BCUT2D eigenvalue weighted by Crippen LogP contribution is 2.22. The van der Waals surface area contributed by atoms with Crippen molar-refractivity contribution in [2.75, 3.05) is 0 Å². The largest absolute Gasteiger partial charge is 0.305 e. The van der Waals surface area contributed by atoms with Crippen LogP contribution in [0.15, 0.2) is 109 Å². The maximum Gasteiger partial charge on any atom is 0.251 e. The van der Waals surface area contributed by atoms with Gasteiger partial charge in [0.1, 0.15) is 0 Å². The van der Waals surface area contributed by atoms with E-state index in [1.807, 2.05) is 35.2 Å². The predicted octanol–water partition coefficient (Wildman–Crippen LogP) is 5.77. The summed E-state index contributed by atoms with van der Waals surface area (Å²) in [5, 5.41) is 0. The van der Waals surface area contributed by atoms with Crippen LogP contribution in [-0.4, -0.2) is 10.8 Å². The quantitative estimate of drug-likeness (QED) is 0.543.